The molecule has 3 nitrogen and oxygen atoms in total. The first kappa shape index (κ1) is 9.24. The number of rotatable bonds is 3. The Kier molecular flexibility index (Phi) is 2.52. The van der Waals surface area contributed by atoms with Gasteiger partial charge in [-0.1, -0.05) is 0 Å². The Morgan fingerprint density at radius 3 is 2.86 bits per heavy atom. The van der Waals surface area contributed by atoms with Crippen molar-refractivity contribution in [1.82, 2.24) is 4.98 Å². The Bertz CT molecular complexity index is 326. The molecule has 0 aromatic carbocycles. The summed E-state index contributed by atoms with van der Waals surface area (Å²) in [5.74, 6) is 0.553. The molecule has 1 fully saturated rings. The molecule has 0 spiro atoms. The smallest absolute Gasteiger partial charge is 0.217 e. The van der Waals surface area contributed by atoms with E-state index in [9.17, 15) is 4.39 Å². The van der Waals surface area contributed by atoms with E-state index in [4.69, 9.17) is 4.74 Å². The highest BCUT2D eigenvalue weighted by Crippen LogP contribution is 2.23. The zero-order chi connectivity index (χ0) is 9.97. The lowest BCUT2D eigenvalue weighted by Gasteiger charge is -2.26. The van der Waals surface area contributed by atoms with E-state index in [1.54, 1.807) is 0 Å². The van der Waals surface area contributed by atoms with Crippen molar-refractivity contribution in [2.24, 2.45) is 0 Å². The van der Waals surface area contributed by atoms with E-state index in [1.165, 1.54) is 25.7 Å². The largest absolute Gasteiger partial charge is 0.481 e. The third-order valence-electron chi connectivity index (χ3n) is 2.43. The maximum atomic E-state index is 13.0. The van der Waals surface area contributed by atoms with Crippen molar-refractivity contribution in [3.63, 3.8) is 0 Å². The standard InChI is InChI=1S/C10H13FN2O/c1-14-10-6-7(11)5-9(13-10)12-8-3-2-4-8/h5-6,8H,2-4H2,1H3,(H,12,13). The summed E-state index contributed by atoms with van der Waals surface area (Å²) in [7, 11) is 1.48. The third-order valence-corrected chi connectivity index (χ3v) is 2.43. The molecule has 1 heterocycles. The number of ether oxygens (including phenoxy) is 1. The molecule has 0 aliphatic heterocycles. The maximum absolute atomic E-state index is 13.0. The SMILES string of the molecule is COc1cc(F)cc(NC2CCC2)n1. The van der Waals surface area contributed by atoms with Crippen LogP contribution >= 0.6 is 0 Å². The average molecular weight is 196 g/mol. The second kappa shape index (κ2) is 3.82. The number of nitrogens with zero attached hydrogens (tertiary/aromatic N) is 1. The van der Waals surface area contributed by atoms with Crippen LogP contribution in [0, 0.1) is 5.82 Å². The van der Waals surface area contributed by atoms with Crippen molar-refractivity contribution < 1.29 is 9.13 Å². The van der Waals surface area contributed by atoms with Crippen LogP contribution in [0.5, 0.6) is 5.88 Å². The van der Waals surface area contributed by atoms with Crippen LogP contribution < -0.4 is 10.1 Å². The van der Waals surface area contributed by atoms with Gasteiger partial charge >= 0.3 is 0 Å². The quantitative estimate of drug-likeness (QED) is 0.804. The van der Waals surface area contributed by atoms with Gasteiger partial charge in [0.25, 0.3) is 0 Å². The zero-order valence-electron chi connectivity index (χ0n) is 8.09. The summed E-state index contributed by atoms with van der Waals surface area (Å²) in [6.07, 6.45) is 3.52. The summed E-state index contributed by atoms with van der Waals surface area (Å²) in [5.41, 5.74) is 0. The molecule has 0 saturated heterocycles. The number of hydrogen-bond donors (Lipinski definition) is 1. The first-order valence-corrected chi connectivity index (χ1v) is 4.76. The molecule has 0 atom stereocenters. The second-order valence-corrected chi connectivity index (χ2v) is 3.49. The van der Waals surface area contributed by atoms with Crippen molar-refractivity contribution in [3.05, 3.63) is 17.9 Å². The summed E-state index contributed by atoms with van der Waals surface area (Å²) >= 11 is 0. The summed E-state index contributed by atoms with van der Waals surface area (Å²) in [6.45, 7) is 0. The fraction of sp³-hybridized carbons (Fsp3) is 0.500. The number of nitrogens with one attached hydrogen (secondary N) is 1. The van der Waals surface area contributed by atoms with E-state index in [1.807, 2.05) is 0 Å². The van der Waals surface area contributed by atoms with E-state index in [-0.39, 0.29) is 5.82 Å². The molecule has 0 unspecified atom stereocenters. The van der Waals surface area contributed by atoms with Crippen LogP contribution in [-0.2, 0) is 0 Å². The first-order chi connectivity index (χ1) is 6.78. The minimum Gasteiger partial charge on any atom is -0.481 e. The lowest BCUT2D eigenvalue weighted by molar-refractivity contribution is 0.393. The minimum absolute atomic E-state index is 0.312. The highest BCUT2D eigenvalue weighted by Gasteiger charge is 2.17. The summed E-state index contributed by atoms with van der Waals surface area (Å²) in [5, 5.41) is 3.16. The molecule has 1 aromatic rings. The zero-order valence-corrected chi connectivity index (χ0v) is 8.09. The number of halogens is 1. The van der Waals surface area contributed by atoms with Crippen molar-refractivity contribution >= 4 is 5.82 Å². The maximum Gasteiger partial charge on any atom is 0.217 e. The van der Waals surface area contributed by atoms with Gasteiger partial charge in [0.1, 0.15) is 11.6 Å². The molecule has 4 heteroatoms. The normalized spacial score (nSPS) is 16.1. The highest BCUT2D eigenvalue weighted by atomic mass is 19.1. The second-order valence-electron chi connectivity index (χ2n) is 3.49. The number of anilines is 1. The van der Waals surface area contributed by atoms with Crippen LogP contribution in [0.1, 0.15) is 19.3 Å². The van der Waals surface area contributed by atoms with Crippen LogP contribution in [0.4, 0.5) is 10.2 Å². The van der Waals surface area contributed by atoms with Crippen LogP contribution in [0.3, 0.4) is 0 Å². The molecule has 14 heavy (non-hydrogen) atoms. The molecule has 1 saturated carbocycles. The van der Waals surface area contributed by atoms with Gasteiger partial charge in [-0.05, 0) is 19.3 Å². The molecular weight excluding hydrogens is 183 g/mol. The number of methoxy groups -OCH3 is 1. The van der Waals surface area contributed by atoms with Crippen LogP contribution in [-0.4, -0.2) is 18.1 Å². The highest BCUT2D eigenvalue weighted by molar-refractivity contribution is 5.39. The van der Waals surface area contributed by atoms with E-state index in [0.717, 1.165) is 12.8 Å². The van der Waals surface area contributed by atoms with E-state index in [0.29, 0.717) is 17.7 Å². The Hall–Kier alpha value is -1.32. The van der Waals surface area contributed by atoms with Crippen LogP contribution in [0.2, 0.25) is 0 Å². The Morgan fingerprint density at radius 2 is 2.29 bits per heavy atom. The van der Waals surface area contributed by atoms with Gasteiger partial charge in [-0.2, -0.15) is 4.98 Å². The van der Waals surface area contributed by atoms with Gasteiger partial charge in [-0.25, -0.2) is 4.39 Å². The van der Waals surface area contributed by atoms with E-state index < -0.39 is 0 Å². The van der Waals surface area contributed by atoms with Crippen molar-refractivity contribution in [3.8, 4) is 5.88 Å². The van der Waals surface area contributed by atoms with Crippen LogP contribution in [0.25, 0.3) is 0 Å². The summed E-state index contributed by atoms with van der Waals surface area (Å²) in [4.78, 5) is 4.10. The van der Waals surface area contributed by atoms with Crippen LogP contribution in [0.15, 0.2) is 12.1 Å². The summed E-state index contributed by atoms with van der Waals surface area (Å²) in [6, 6.07) is 3.11. The van der Waals surface area contributed by atoms with Gasteiger partial charge in [0.15, 0.2) is 0 Å². The predicted octanol–water partition coefficient (Wildman–Crippen LogP) is 2.19. The molecule has 1 aliphatic rings. The van der Waals surface area contributed by atoms with E-state index >= 15 is 0 Å². The topological polar surface area (TPSA) is 34.1 Å². The molecule has 1 aliphatic carbocycles. The number of pyridine rings is 1. The first-order valence-electron chi connectivity index (χ1n) is 4.76. The van der Waals surface area contributed by atoms with Gasteiger partial charge in [-0.3, -0.25) is 0 Å². The fourth-order valence-electron chi connectivity index (χ4n) is 1.41. The Labute approximate surface area is 82.3 Å². The lowest BCUT2D eigenvalue weighted by atomic mass is 9.93. The van der Waals surface area contributed by atoms with Gasteiger partial charge in [0, 0.05) is 18.2 Å². The summed E-state index contributed by atoms with van der Waals surface area (Å²) < 4.78 is 17.9. The molecule has 0 bridgehead atoms. The Morgan fingerprint density at radius 1 is 1.50 bits per heavy atom. The molecule has 0 amide bonds. The Balaban J connectivity index is 2.11. The number of hydrogen-bond acceptors (Lipinski definition) is 3. The minimum atomic E-state index is -0.321. The van der Waals surface area contributed by atoms with Crippen molar-refractivity contribution in [2.75, 3.05) is 12.4 Å². The van der Waals surface area contributed by atoms with Gasteiger partial charge < -0.3 is 10.1 Å². The predicted molar refractivity (Wildman–Crippen MR) is 52.0 cm³/mol. The van der Waals surface area contributed by atoms with Gasteiger partial charge in [0.2, 0.25) is 5.88 Å². The van der Waals surface area contributed by atoms with Crippen molar-refractivity contribution in [1.29, 1.82) is 0 Å². The molecule has 2 rings (SSSR count). The molecular formula is C10H13FN2O. The molecule has 1 aromatic heterocycles. The van der Waals surface area contributed by atoms with Gasteiger partial charge in [0.05, 0.1) is 7.11 Å². The van der Waals surface area contributed by atoms with E-state index in [2.05, 4.69) is 10.3 Å². The molecule has 0 radical (unpaired) electrons. The fourth-order valence-corrected chi connectivity index (χ4v) is 1.41. The average Bonchev–Trinajstić information content (AvgIpc) is 2.10. The molecule has 76 valence electrons. The third kappa shape index (κ3) is 1.95. The van der Waals surface area contributed by atoms with Gasteiger partial charge in [-0.15, -0.1) is 0 Å². The van der Waals surface area contributed by atoms with Crippen molar-refractivity contribution in [2.45, 2.75) is 25.3 Å². The lowest BCUT2D eigenvalue weighted by Crippen LogP contribution is -2.27. The molecule has 1 N–H and O–H groups in total. The number of aromatic nitrogens is 1. The monoisotopic (exact) mass is 196 g/mol.